The summed E-state index contributed by atoms with van der Waals surface area (Å²) in [6, 6.07) is 15.0. The van der Waals surface area contributed by atoms with Gasteiger partial charge in [0.15, 0.2) is 5.82 Å². The zero-order valence-corrected chi connectivity index (χ0v) is 17.7. The molecule has 3 aromatic rings. The van der Waals surface area contributed by atoms with Gasteiger partial charge >= 0.3 is 0 Å². The summed E-state index contributed by atoms with van der Waals surface area (Å²) in [7, 11) is 1.62. The molecule has 8 nitrogen and oxygen atoms in total. The summed E-state index contributed by atoms with van der Waals surface area (Å²) in [6.45, 7) is 2.97. The molecule has 0 aliphatic carbocycles. The number of methoxy groups -OCH3 is 1. The van der Waals surface area contributed by atoms with Crippen LogP contribution in [0.5, 0.6) is 11.5 Å². The molecular formula is C23H26N4O4. The van der Waals surface area contributed by atoms with Gasteiger partial charge in [-0.25, -0.2) is 0 Å². The third kappa shape index (κ3) is 6.40. The molecule has 0 radical (unpaired) electrons. The molecule has 0 saturated heterocycles. The van der Waals surface area contributed by atoms with Gasteiger partial charge in [0.2, 0.25) is 5.91 Å². The van der Waals surface area contributed by atoms with Crippen molar-refractivity contribution >= 4 is 5.91 Å². The van der Waals surface area contributed by atoms with E-state index in [-0.39, 0.29) is 30.0 Å². The quantitative estimate of drug-likeness (QED) is 0.520. The highest BCUT2D eigenvalue weighted by atomic mass is 16.5. The summed E-state index contributed by atoms with van der Waals surface area (Å²) >= 11 is 0. The first-order valence-electron chi connectivity index (χ1n) is 10.2. The maximum atomic E-state index is 12.4. The molecule has 1 heterocycles. The number of hydrogen-bond donors (Lipinski definition) is 2. The normalized spacial score (nSPS) is 10.5. The van der Waals surface area contributed by atoms with Crippen LogP contribution in [0.1, 0.15) is 24.6 Å². The molecule has 0 aliphatic rings. The molecule has 1 aromatic heterocycles. The van der Waals surface area contributed by atoms with E-state index >= 15 is 0 Å². The first-order chi connectivity index (χ1) is 15.1. The van der Waals surface area contributed by atoms with E-state index in [2.05, 4.69) is 20.5 Å². The predicted molar refractivity (Wildman–Crippen MR) is 117 cm³/mol. The van der Waals surface area contributed by atoms with E-state index in [0.29, 0.717) is 36.7 Å². The number of rotatable bonds is 10. The molecule has 2 N–H and O–H groups in total. The number of aromatic nitrogens is 3. The minimum atomic E-state index is -0.349. The topological polar surface area (TPSA) is 106 Å². The zero-order chi connectivity index (χ0) is 22.1. The van der Waals surface area contributed by atoms with Crippen LogP contribution in [0.2, 0.25) is 0 Å². The maximum Gasteiger partial charge on any atom is 0.273 e. The Kier molecular flexibility index (Phi) is 7.75. The van der Waals surface area contributed by atoms with Gasteiger partial charge in [-0.05, 0) is 43.2 Å². The van der Waals surface area contributed by atoms with Crippen LogP contribution in [0.4, 0.5) is 0 Å². The molecule has 3 rings (SSSR count). The molecule has 0 atom stereocenters. The van der Waals surface area contributed by atoms with E-state index in [0.717, 1.165) is 11.3 Å². The second-order valence-electron chi connectivity index (χ2n) is 6.86. The summed E-state index contributed by atoms with van der Waals surface area (Å²) in [5, 5.41) is 11.0. The van der Waals surface area contributed by atoms with Crippen molar-refractivity contribution in [2.75, 3.05) is 20.3 Å². The number of amides is 1. The lowest BCUT2D eigenvalue weighted by Crippen LogP contribution is -2.27. The Morgan fingerprint density at radius 3 is 2.58 bits per heavy atom. The summed E-state index contributed by atoms with van der Waals surface area (Å²) in [6.07, 6.45) is 1.10. The lowest BCUT2D eigenvalue weighted by molar-refractivity contribution is -0.121. The third-order valence-electron chi connectivity index (χ3n) is 4.67. The SMILES string of the molecule is CCOc1cccc(-c2nnc(CCC(=O)NCCc3ccc(OC)cc3)c(=O)[nH]2)c1. The number of H-pyrrole nitrogens is 1. The van der Waals surface area contributed by atoms with Gasteiger partial charge in [0.1, 0.15) is 17.2 Å². The highest BCUT2D eigenvalue weighted by Gasteiger charge is 2.10. The van der Waals surface area contributed by atoms with Crippen molar-refractivity contribution in [1.82, 2.24) is 20.5 Å². The molecule has 0 fully saturated rings. The van der Waals surface area contributed by atoms with Crippen molar-refractivity contribution in [3.05, 3.63) is 70.1 Å². The minimum Gasteiger partial charge on any atom is -0.497 e. The molecule has 2 aromatic carbocycles. The molecule has 0 aliphatic heterocycles. The number of benzene rings is 2. The number of aryl methyl sites for hydroxylation is 1. The van der Waals surface area contributed by atoms with Crippen LogP contribution in [-0.4, -0.2) is 41.3 Å². The van der Waals surface area contributed by atoms with Crippen LogP contribution in [0, 0.1) is 0 Å². The molecule has 0 spiro atoms. The van der Waals surface area contributed by atoms with Crippen molar-refractivity contribution < 1.29 is 14.3 Å². The van der Waals surface area contributed by atoms with E-state index in [1.807, 2.05) is 49.4 Å². The van der Waals surface area contributed by atoms with Crippen LogP contribution in [-0.2, 0) is 17.6 Å². The molecule has 1 amide bonds. The van der Waals surface area contributed by atoms with Gasteiger partial charge < -0.3 is 19.8 Å². The highest BCUT2D eigenvalue weighted by Crippen LogP contribution is 2.19. The van der Waals surface area contributed by atoms with Gasteiger partial charge in [-0.2, -0.15) is 0 Å². The smallest absolute Gasteiger partial charge is 0.273 e. The third-order valence-corrected chi connectivity index (χ3v) is 4.67. The number of ether oxygens (including phenoxy) is 2. The Hall–Kier alpha value is -3.68. The fourth-order valence-corrected chi connectivity index (χ4v) is 3.01. The monoisotopic (exact) mass is 422 g/mol. The Balaban J connectivity index is 1.50. The van der Waals surface area contributed by atoms with Crippen molar-refractivity contribution in [1.29, 1.82) is 0 Å². The Morgan fingerprint density at radius 1 is 1.06 bits per heavy atom. The molecule has 31 heavy (non-hydrogen) atoms. The first-order valence-corrected chi connectivity index (χ1v) is 10.2. The van der Waals surface area contributed by atoms with Crippen LogP contribution in [0.3, 0.4) is 0 Å². The molecule has 0 unspecified atom stereocenters. The number of aromatic amines is 1. The number of nitrogens with one attached hydrogen (secondary N) is 2. The van der Waals surface area contributed by atoms with Gasteiger partial charge in [-0.1, -0.05) is 24.3 Å². The molecule has 8 heteroatoms. The van der Waals surface area contributed by atoms with E-state index in [4.69, 9.17) is 9.47 Å². The average Bonchev–Trinajstić information content (AvgIpc) is 2.79. The van der Waals surface area contributed by atoms with Gasteiger partial charge in [-0.15, -0.1) is 10.2 Å². The van der Waals surface area contributed by atoms with Gasteiger partial charge in [0, 0.05) is 24.9 Å². The molecule has 162 valence electrons. The molecule has 0 saturated carbocycles. The highest BCUT2D eigenvalue weighted by molar-refractivity contribution is 5.76. The van der Waals surface area contributed by atoms with Crippen LogP contribution < -0.4 is 20.3 Å². The largest absolute Gasteiger partial charge is 0.497 e. The van der Waals surface area contributed by atoms with Gasteiger partial charge in [0.25, 0.3) is 5.56 Å². The number of nitrogens with zero attached hydrogens (tertiary/aromatic N) is 2. The van der Waals surface area contributed by atoms with Crippen LogP contribution in [0.15, 0.2) is 53.3 Å². The lowest BCUT2D eigenvalue weighted by atomic mass is 10.1. The minimum absolute atomic E-state index is 0.136. The average molecular weight is 422 g/mol. The van der Waals surface area contributed by atoms with Crippen molar-refractivity contribution in [2.24, 2.45) is 0 Å². The van der Waals surface area contributed by atoms with Crippen LogP contribution >= 0.6 is 0 Å². The Morgan fingerprint density at radius 2 is 1.87 bits per heavy atom. The van der Waals surface area contributed by atoms with E-state index < -0.39 is 0 Å². The first kappa shape index (κ1) is 22.0. The number of carbonyl (C=O) groups is 1. The van der Waals surface area contributed by atoms with Crippen molar-refractivity contribution in [3.63, 3.8) is 0 Å². The molecular weight excluding hydrogens is 396 g/mol. The Bertz CT molecular complexity index is 1060. The fraction of sp³-hybridized carbons (Fsp3) is 0.304. The molecule has 0 bridgehead atoms. The van der Waals surface area contributed by atoms with Crippen molar-refractivity contribution in [2.45, 2.75) is 26.2 Å². The van der Waals surface area contributed by atoms with E-state index in [1.54, 1.807) is 13.2 Å². The number of hydrogen-bond acceptors (Lipinski definition) is 6. The number of carbonyl (C=O) groups excluding carboxylic acids is 1. The Labute approximate surface area is 180 Å². The van der Waals surface area contributed by atoms with Gasteiger partial charge in [-0.3, -0.25) is 9.59 Å². The van der Waals surface area contributed by atoms with E-state index in [9.17, 15) is 9.59 Å². The summed E-state index contributed by atoms with van der Waals surface area (Å²) < 4.78 is 10.6. The van der Waals surface area contributed by atoms with Crippen molar-refractivity contribution in [3.8, 4) is 22.9 Å². The van der Waals surface area contributed by atoms with Crippen LogP contribution in [0.25, 0.3) is 11.4 Å². The summed E-state index contributed by atoms with van der Waals surface area (Å²) in [5.74, 6) is 1.72. The van der Waals surface area contributed by atoms with Gasteiger partial charge in [0.05, 0.1) is 13.7 Å². The summed E-state index contributed by atoms with van der Waals surface area (Å²) in [4.78, 5) is 27.2. The maximum absolute atomic E-state index is 12.4. The fourth-order valence-electron chi connectivity index (χ4n) is 3.01. The lowest BCUT2D eigenvalue weighted by Gasteiger charge is -2.07. The van der Waals surface area contributed by atoms with E-state index in [1.165, 1.54) is 0 Å². The predicted octanol–water partition coefficient (Wildman–Crippen LogP) is 2.53. The standard InChI is InChI=1S/C23H26N4O4/c1-3-31-19-6-4-5-17(15-19)22-25-23(29)20(26-27-22)11-12-21(28)24-14-13-16-7-9-18(30-2)10-8-16/h4-10,15H,3,11-14H2,1-2H3,(H,24,28)(H,25,27,29). The zero-order valence-electron chi connectivity index (χ0n) is 17.7. The summed E-state index contributed by atoms with van der Waals surface area (Å²) in [5.41, 5.74) is 1.69. The second-order valence-corrected chi connectivity index (χ2v) is 6.86. The second kappa shape index (κ2) is 10.9.